The minimum Gasteiger partial charge on any atom is -0.493 e. The first-order valence-corrected chi connectivity index (χ1v) is 10.5. The molecule has 1 saturated heterocycles. The predicted octanol–water partition coefficient (Wildman–Crippen LogP) is 1.28. The van der Waals surface area contributed by atoms with E-state index in [9.17, 15) is 14.7 Å². The molecule has 1 heterocycles. The SMILES string of the molecule is COc1cc(C(=O)NC(CO)C(=O)Nc2ccc(N3CCOCC3)cc2)cc(OC)c1OC. The Labute approximate surface area is 192 Å². The van der Waals surface area contributed by atoms with Gasteiger partial charge in [-0.15, -0.1) is 0 Å². The molecule has 1 aliphatic rings. The maximum Gasteiger partial charge on any atom is 0.252 e. The quantitative estimate of drug-likeness (QED) is 0.513. The molecule has 0 spiro atoms. The zero-order valence-electron chi connectivity index (χ0n) is 18.9. The minimum atomic E-state index is -1.16. The maximum atomic E-state index is 12.8. The van der Waals surface area contributed by atoms with Crippen LogP contribution in [0.1, 0.15) is 10.4 Å². The van der Waals surface area contributed by atoms with E-state index >= 15 is 0 Å². The molecule has 0 saturated carbocycles. The van der Waals surface area contributed by atoms with Crippen molar-refractivity contribution in [3.63, 3.8) is 0 Å². The minimum absolute atomic E-state index is 0.186. The van der Waals surface area contributed by atoms with Crippen LogP contribution in [-0.2, 0) is 9.53 Å². The lowest BCUT2D eigenvalue weighted by molar-refractivity contribution is -0.118. The molecular weight excluding hydrogens is 430 g/mol. The van der Waals surface area contributed by atoms with Crippen LogP contribution in [0.4, 0.5) is 11.4 Å². The summed E-state index contributed by atoms with van der Waals surface area (Å²) in [5, 5.41) is 15.0. The molecule has 10 heteroatoms. The van der Waals surface area contributed by atoms with Crippen LogP contribution in [-0.4, -0.2) is 77.2 Å². The highest BCUT2D eigenvalue weighted by Crippen LogP contribution is 2.38. The second-order valence-electron chi connectivity index (χ2n) is 7.26. The van der Waals surface area contributed by atoms with Crippen molar-refractivity contribution in [1.82, 2.24) is 5.32 Å². The summed E-state index contributed by atoms with van der Waals surface area (Å²) in [4.78, 5) is 27.6. The van der Waals surface area contributed by atoms with Crippen molar-refractivity contribution in [2.45, 2.75) is 6.04 Å². The second kappa shape index (κ2) is 11.4. The van der Waals surface area contributed by atoms with E-state index in [0.29, 0.717) is 36.1 Å². The molecule has 1 aliphatic heterocycles. The summed E-state index contributed by atoms with van der Waals surface area (Å²) in [6, 6.07) is 9.14. The van der Waals surface area contributed by atoms with Crippen molar-refractivity contribution in [2.75, 3.05) is 64.5 Å². The van der Waals surface area contributed by atoms with Crippen LogP contribution in [0.15, 0.2) is 36.4 Å². The average molecular weight is 459 g/mol. The fourth-order valence-corrected chi connectivity index (χ4v) is 3.45. The van der Waals surface area contributed by atoms with Gasteiger partial charge in [0.25, 0.3) is 5.91 Å². The number of nitrogens with one attached hydrogen (secondary N) is 2. The van der Waals surface area contributed by atoms with Gasteiger partial charge in [-0.05, 0) is 36.4 Å². The summed E-state index contributed by atoms with van der Waals surface area (Å²) in [5.74, 6) is -0.184. The molecule has 0 aromatic heterocycles. The van der Waals surface area contributed by atoms with Gasteiger partial charge in [-0.3, -0.25) is 9.59 Å². The van der Waals surface area contributed by atoms with Gasteiger partial charge in [0.15, 0.2) is 11.5 Å². The number of hydrogen-bond acceptors (Lipinski definition) is 8. The zero-order chi connectivity index (χ0) is 23.8. The van der Waals surface area contributed by atoms with E-state index in [1.54, 1.807) is 12.1 Å². The molecule has 2 amide bonds. The van der Waals surface area contributed by atoms with Gasteiger partial charge in [-0.2, -0.15) is 0 Å². The standard InChI is InChI=1S/C23H29N3O7/c1-30-19-12-15(13-20(31-2)21(19)32-3)22(28)25-18(14-27)23(29)24-16-4-6-17(7-5-16)26-8-10-33-11-9-26/h4-7,12-13,18,27H,8-11,14H2,1-3H3,(H,24,29)(H,25,28). The van der Waals surface area contributed by atoms with E-state index in [-0.39, 0.29) is 5.56 Å². The Kier molecular flexibility index (Phi) is 8.34. The number of carbonyl (C=O) groups is 2. The first-order chi connectivity index (χ1) is 16.0. The molecule has 10 nitrogen and oxygen atoms in total. The zero-order valence-corrected chi connectivity index (χ0v) is 18.9. The number of benzene rings is 2. The maximum absolute atomic E-state index is 12.8. The number of aliphatic hydroxyl groups excluding tert-OH is 1. The van der Waals surface area contributed by atoms with E-state index in [1.807, 2.05) is 12.1 Å². The van der Waals surface area contributed by atoms with Crippen LogP contribution >= 0.6 is 0 Å². The van der Waals surface area contributed by atoms with Gasteiger partial charge in [0.1, 0.15) is 6.04 Å². The van der Waals surface area contributed by atoms with E-state index in [0.717, 1.165) is 18.8 Å². The molecule has 1 atom stereocenters. The average Bonchev–Trinajstić information content (AvgIpc) is 2.86. The van der Waals surface area contributed by atoms with Crippen LogP contribution in [0.3, 0.4) is 0 Å². The number of anilines is 2. The van der Waals surface area contributed by atoms with E-state index in [4.69, 9.17) is 18.9 Å². The molecule has 0 radical (unpaired) electrons. The molecule has 2 aromatic carbocycles. The lowest BCUT2D eigenvalue weighted by atomic mass is 10.1. The van der Waals surface area contributed by atoms with Crippen LogP contribution in [0.25, 0.3) is 0 Å². The molecule has 3 N–H and O–H groups in total. The number of methoxy groups -OCH3 is 3. The number of nitrogens with zero attached hydrogens (tertiary/aromatic N) is 1. The number of carbonyl (C=O) groups excluding carboxylic acids is 2. The third kappa shape index (κ3) is 5.85. The van der Waals surface area contributed by atoms with Gasteiger partial charge in [0.2, 0.25) is 11.7 Å². The lowest BCUT2D eigenvalue weighted by Crippen LogP contribution is -2.46. The topological polar surface area (TPSA) is 119 Å². The van der Waals surface area contributed by atoms with Crippen LogP contribution < -0.4 is 29.7 Å². The first kappa shape index (κ1) is 24.1. The van der Waals surface area contributed by atoms with Crippen molar-refractivity contribution >= 4 is 23.2 Å². The van der Waals surface area contributed by atoms with Crippen molar-refractivity contribution in [1.29, 1.82) is 0 Å². The summed E-state index contributed by atoms with van der Waals surface area (Å²) in [7, 11) is 4.33. The smallest absolute Gasteiger partial charge is 0.252 e. The fourth-order valence-electron chi connectivity index (χ4n) is 3.45. The molecule has 2 aromatic rings. The molecule has 33 heavy (non-hydrogen) atoms. The summed E-state index contributed by atoms with van der Waals surface area (Å²) in [5.41, 5.74) is 1.77. The summed E-state index contributed by atoms with van der Waals surface area (Å²) >= 11 is 0. The van der Waals surface area contributed by atoms with Crippen LogP contribution in [0, 0.1) is 0 Å². The van der Waals surface area contributed by atoms with E-state index in [1.165, 1.54) is 33.5 Å². The Balaban J connectivity index is 1.66. The summed E-state index contributed by atoms with van der Waals surface area (Å²) in [6.45, 7) is 2.41. The summed E-state index contributed by atoms with van der Waals surface area (Å²) in [6.07, 6.45) is 0. The van der Waals surface area contributed by atoms with Gasteiger partial charge in [-0.25, -0.2) is 0 Å². The largest absolute Gasteiger partial charge is 0.493 e. The Morgan fingerprint density at radius 1 is 1.03 bits per heavy atom. The molecule has 1 fully saturated rings. The van der Waals surface area contributed by atoms with Crippen molar-refractivity contribution in [3.8, 4) is 17.2 Å². The summed E-state index contributed by atoms with van der Waals surface area (Å²) < 4.78 is 21.1. The number of amides is 2. The highest BCUT2D eigenvalue weighted by Gasteiger charge is 2.23. The Morgan fingerprint density at radius 2 is 1.64 bits per heavy atom. The number of hydrogen-bond donors (Lipinski definition) is 3. The van der Waals surface area contributed by atoms with Crippen molar-refractivity contribution in [3.05, 3.63) is 42.0 Å². The lowest BCUT2D eigenvalue weighted by Gasteiger charge is -2.29. The molecular formula is C23H29N3O7. The number of aliphatic hydroxyl groups is 1. The van der Waals surface area contributed by atoms with Gasteiger partial charge < -0.3 is 39.6 Å². The van der Waals surface area contributed by atoms with Crippen molar-refractivity contribution in [2.24, 2.45) is 0 Å². The van der Waals surface area contributed by atoms with E-state index < -0.39 is 24.5 Å². The number of rotatable bonds is 9. The van der Waals surface area contributed by atoms with Gasteiger partial charge in [0.05, 0.1) is 41.2 Å². The fraction of sp³-hybridized carbons (Fsp3) is 0.391. The van der Waals surface area contributed by atoms with Gasteiger partial charge in [-0.1, -0.05) is 0 Å². The first-order valence-electron chi connectivity index (χ1n) is 10.5. The molecule has 178 valence electrons. The number of ether oxygens (including phenoxy) is 4. The molecule has 0 bridgehead atoms. The van der Waals surface area contributed by atoms with Gasteiger partial charge >= 0.3 is 0 Å². The second-order valence-corrected chi connectivity index (χ2v) is 7.26. The van der Waals surface area contributed by atoms with Crippen molar-refractivity contribution < 1.29 is 33.6 Å². The Bertz CT molecular complexity index is 934. The highest BCUT2D eigenvalue weighted by molar-refractivity contribution is 6.01. The Morgan fingerprint density at radius 3 is 2.15 bits per heavy atom. The van der Waals surface area contributed by atoms with Crippen LogP contribution in [0.2, 0.25) is 0 Å². The monoisotopic (exact) mass is 459 g/mol. The molecule has 1 unspecified atom stereocenters. The predicted molar refractivity (Wildman–Crippen MR) is 123 cm³/mol. The van der Waals surface area contributed by atoms with Gasteiger partial charge in [0, 0.05) is 30.0 Å². The van der Waals surface area contributed by atoms with Crippen LogP contribution in [0.5, 0.6) is 17.2 Å². The van der Waals surface area contributed by atoms with E-state index in [2.05, 4.69) is 15.5 Å². The molecule has 0 aliphatic carbocycles. The third-order valence-corrected chi connectivity index (χ3v) is 5.24. The number of morpholine rings is 1. The third-order valence-electron chi connectivity index (χ3n) is 5.24. The normalized spacial score (nSPS) is 14.2. The Hall–Kier alpha value is -3.50. The highest BCUT2D eigenvalue weighted by atomic mass is 16.5. The molecule has 3 rings (SSSR count).